The number of aliphatic hydroxyl groups is 1. The summed E-state index contributed by atoms with van der Waals surface area (Å²) in [4.78, 5) is 0. The average molecular weight is 201 g/mol. The highest BCUT2D eigenvalue weighted by molar-refractivity contribution is 5.20. The van der Waals surface area contributed by atoms with E-state index in [0.29, 0.717) is 0 Å². The largest absolute Gasteiger partial charge is 0.396 e. The molecule has 1 unspecified atom stereocenters. The second-order valence-corrected chi connectivity index (χ2v) is 3.10. The van der Waals surface area contributed by atoms with E-state index in [4.69, 9.17) is 10.8 Å². The van der Waals surface area contributed by atoms with Crippen molar-refractivity contribution in [1.29, 1.82) is 0 Å². The minimum atomic E-state index is -3.06. The Morgan fingerprint density at radius 3 is 2.29 bits per heavy atom. The third-order valence-corrected chi connectivity index (χ3v) is 2.18. The second kappa shape index (κ2) is 4.48. The number of hydrogen-bond donors (Lipinski definition) is 2. The standard InChI is InChI=1S/C10H13F2NO/c11-10(12,9(6-13)7-14)8-4-2-1-3-5-8/h1-5,9,14H,6-7,13H2. The molecule has 14 heavy (non-hydrogen) atoms. The first-order valence-corrected chi connectivity index (χ1v) is 4.37. The van der Waals surface area contributed by atoms with Crippen LogP contribution in [0, 0.1) is 5.92 Å². The van der Waals surface area contributed by atoms with Gasteiger partial charge in [-0.1, -0.05) is 30.3 Å². The average Bonchev–Trinajstić information content (AvgIpc) is 2.20. The molecule has 0 radical (unpaired) electrons. The smallest absolute Gasteiger partial charge is 0.279 e. The Balaban J connectivity index is 2.94. The molecule has 0 aliphatic rings. The van der Waals surface area contributed by atoms with Gasteiger partial charge in [0.05, 0.1) is 12.5 Å². The molecule has 0 fully saturated rings. The molecule has 1 atom stereocenters. The van der Waals surface area contributed by atoms with Gasteiger partial charge in [0, 0.05) is 12.1 Å². The van der Waals surface area contributed by atoms with Gasteiger partial charge in [-0.05, 0) is 0 Å². The molecular formula is C10H13F2NO. The van der Waals surface area contributed by atoms with Gasteiger partial charge in [0.25, 0.3) is 5.92 Å². The molecule has 1 aromatic rings. The van der Waals surface area contributed by atoms with Crippen LogP contribution in [0.1, 0.15) is 5.56 Å². The molecule has 0 heterocycles. The van der Waals surface area contributed by atoms with Gasteiger partial charge < -0.3 is 10.8 Å². The Hall–Kier alpha value is -1.00. The predicted octanol–water partition coefficient (Wildman–Crippen LogP) is 1.35. The fourth-order valence-electron chi connectivity index (χ4n) is 1.23. The van der Waals surface area contributed by atoms with Crippen LogP contribution in [-0.4, -0.2) is 18.3 Å². The minimum absolute atomic E-state index is 0.107. The monoisotopic (exact) mass is 201 g/mol. The Morgan fingerprint density at radius 1 is 1.29 bits per heavy atom. The topological polar surface area (TPSA) is 46.2 Å². The van der Waals surface area contributed by atoms with Crippen molar-refractivity contribution < 1.29 is 13.9 Å². The van der Waals surface area contributed by atoms with E-state index in [9.17, 15) is 8.78 Å². The van der Waals surface area contributed by atoms with Crippen LogP contribution in [0.3, 0.4) is 0 Å². The van der Waals surface area contributed by atoms with Crippen molar-refractivity contribution in [1.82, 2.24) is 0 Å². The van der Waals surface area contributed by atoms with E-state index in [1.165, 1.54) is 24.3 Å². The number of hydrogen-bond acceptors (Lipinski definition) is 2. The Labute approximate surface area is 81.4 Å². The van der Waals surface area contributed by atoms with Crippen LogP contribution < -0.4 is 5.73 Å². The summed E-state index contributed by atoms with van der Waals surface area (Å²) in [6, 6.07) is 7.40. The van der Waals surface area contributed by atoms with Crippen molar-refractivity contribution >= 4 is 0 Å². The van der Waals surface area contributed by atoms with E-state index < -0.39 is 18.4 Å². The molecule has 0 aliphatic heterocycles. The minimum Gasteiger partial charge on any atom is -0.396 e. The van der Waals surface area contributed by atoms with E-state index in [2.05, 4.69) is 0 Å². The summed E-state index contributed by atoms with van der Waals surface area (Å²) in [5.74, 6) is -4.28. The van der Waals surface area contributed by atoms with Gasteiger partial charge in [-0.2, -0.15) is 0 Å². The van der Waals surface area contributed by atoms with Gasteiger partial charge in [0.15, 0.2) is 0 Å². The zero-order valence-corrected chi connectivity index (χ0v) is 7.66. The van der Waals surface area contributed by atoms with Crippen LogP contribution in [0.2, 0.25) is 0 Å². The molecule has 0 bridgehead atoms. The Bertz CT molecular complexity index is 273. The van der Waals surface area contributed by atoms with Crippen LogP contribution >= 0.6 is 0 Å². The molecule has 2 nitrogen and oxygen atoms in total. The van der Waals surface area contributed by atoms with E-state index in [1.54, 1.807) is 6.07 Å². The van der Waals surface area contributed by atoms with E-state index in [-0.39, 0.29) is 12.1 Å². The maximum Gasteiger partial charge on any atom is 0.279 e. The molecule has 1 aromatic carbocycles. The van der Waals surface area contributed by atoms with Crippen molar-refractivity contribution in [2.45, 2.75) is 5.92 Å². The molecule has 0 amide bonds. The van der Waals surface area contributed by atoms with Crippen molar-refractivity contribution in [3.63, 3.8) is 0 Å². The summed E-state index contributed by atoms with van der Waals surface area (Å²) in [5, 5.41) is 8.76. The molecule has 0 aliphatic carbocycles. The van der Waals surface area contributed by atoms with Crippen LogP contribution in [-0.2, 0) is 5.92 Å². The first-order chi connectivity index (χ1) is 6.62. The number of alkyl halides is 2. The molecule has 0 spiro atoms. The normalized spacial score (nSPS) is 14.0. The number of benzene rings is 1. The summed E-state index contributed by atoms with van der Waals surface area (Å²) in [5.41, 5.74) is 5.06. The lowest BCUT2D eigenvalue weighted by atomic mass is 9.95. The van der Waals surface area contributed by atoms with Gasteiger partial charge >= 0.3 is 0 Å². The predicted molar refractivity (Wildman–Crippen MR) is 50.0 cm³/mol. The van der Waals surface area contributed by atoms with Crippen molar-refractivity contribution in [3.8, 4) is 0 Å². The van der Waals surface area contributed by atoms with Crippen molar-refractivity contribution in [2.75, 3.05) is 13.2 Å². The van der Waals surface area contributed by atoms with Crippen LogP contribution in [0.15, 0.2) is 30.3 Å². The van der Waals surface area contributed by atoms with E-state index in [1.807, 2.05) is 0 Å². The molecular weight excluding hydrogens is 188 g/mol. The zero-order valence-electron chi connectivity index (χ0n) is 7.66. The molecule has 0 aromatic heterocycles. The molecule has 78 valence electrons. The summed E-state index contributed by atoms with van der Waals surface area (Å²) in [6.45, 7) is -0.850. The number of halogens is 2. The van der Waals surface area contributed by atoms with Gasteiger partial charge in [0.1, 0.15) is 0 Å². The van der Waals surface area contributed by atoms with Gasteiger partial charge in [0.2, 0.25) is 0 Å². The summed E-state index contributed by atoms with van der Waals surface area (Å²) >= 11 is 0. The van der Waals surface area contributed by atoms with E-state index in [0.717, 1.165) is 0 Å². The highest BCUT2D eigenvalue weighted by atomic mass is 19.3. The maximum absolute atomic E-state index is 13.6. The van der Waals surface area contributed by atoms with Crippen LogP contribution in [0.4, 0.5) is 8.78 Å². The summed E-state index contributed by atoms with van der Waals surface area (Å²) < 4.78 is 27.2. The number of rotatable bonds is 4. The van der Waals surface area contributed by atoms with Gasteiger partial charge in [-0.25, -0.2) is 8.78 Å². The lowest BCUT2D eigenvalue weighted by Gasteiger charge is -2.24. The van der Waals surface area contributed by atoms with Crippen LogP contribution in [0.5, 0.6) is 0 Å². The number of nitrogens with two attached hydrogens (primary N) is 1. The van der Waals surface area contributed by atoms with Crippen LogP contribution in [0.25, 0.3) is 0 Å². The summed E-state index contributed by atoms with van der Waals surface area (Å²) in [7, 11) is 0. The lowest BCUT2D eigenvalue weighted by Crippen LogP contribution is -2.34. The fraction of sp³-hybridized carbons (Fsp3) is 0.400. The fourth-order valence-corrected chi connectivity index (χ4v) is 1.23. The Morgan fingerprint density at radius 2 is 1.86 bits per heavy atom. The first kappa shape index (κ1) is 11.1. The Kier molecular flexibility index (Phi) is 3.55. The molecule has 3 N–H and O–H groups in total. The molecule has 4 heteroatoms. The molecule has 1 rings (SSSR count). The van der Waals surface area contributed by atoms with Crippen molar-refractivity contribution in [3.05, 3.63) is 35.9 Å². The zero-order chi connectivity index (χ0) is 10.6. The molecule has 0 saturated heterocycles. The molecule has 0 saturated carbocycles. The van der Waals surface area contributed by atoms with Crippen molar-refractivity contribution in [2.24, 2.45) is 11.7 Å². The third kappa shape index (κ3) is 2.08. The SMILES string of the molecule is NCC(CO)C(F)(F)c1ccccc1. The highest BCUT2D eigenvalue weighted by Gasteiger charge is 2.39. The van der Waals surface area contributed by atoms with Gasteiger partial charge in [-0.15, -0.1) is 0 Å². The first-order valence-electron chi connectivity index (χ1n) is 4.37. The summed E-state index contributed by atoms with van der Waals surface area (Å²) in [6.07, 6.45) is 0. The van der Waals surface area contributed by atoms with Gasteiger partial charge in [-0.3, -0.25) is 0 Å². The van der Waals surface area contributed by atoms with E-state index >= 15 is 0 Å². The number of aliphatic hydroxyl groups excluding tert-OH is 1. The lowest BCUT2D eigenvalue weighted by molar-refractivity contribution is -0.0788. The quantitative estimate of drug-likeness (QED) is 0.772. The third-order valence-electron chi connectivity index (χ3n) is 2.18. The second-order valence-electron chi connectivity index (χ2n) is 3.10. The maximum atomic E-state index is 13.6. The highest BCUT2D eigenvalue weighted by Crippen LogP contribution is 2.34.